The van der Waals surface area contributed by atoms with E-state index in [1.54, 1.807) is 32.9 Å². The third-order valence-electron chi connectivity index (χ3n) is 4.83. The van der Waals surface area contributed by atoms with E-state index in [1.165, 1.54) is 23.1 Å². The number of amides is 1. The molecule has 2 aliphatic heterocycles. The maximum Gasteiger partial charge on any atom is 0.243 e. The predicted octanol–water partition coefficient (Wildman–Crippen LogP) is 2.39. The Labute approximate surface area is 166 Å². The van der Waals surface area contributed by atoms with E-state index in [4.69, 9.17) is 0 Å². The Morgan fingerprint density at radius 3 is 2.74 bits per heavy atom. The molecule has 3 heterocycles. The minimum Gasteiger partial charge on any atom is -0.311 e. The Hall–Kier alpha value is -1.49. The van der Waals surface area contributed by atoms with Crippen molar-refractivity contribution >= 4 is 44.7 Å². The zero-order valence-corrected chi connectivity index (χ0v) is 17.2. The summed E-state index contributed by atoms with van der Waals surface area (Å²) in [6.07, 6.45) is 3.44. The maximum absolute atomic E-state index is 12.8. The van der Waals surface area contributed by atoms with Gasteiger partial charge >= 0.3 is 0 Å². The molecule has 0 bridgehead atoms. The fourth-order valence-corrected chi connectivity index (χ4v) is 6.43. The van der Waals surface area contributed by atoms with Gasteiger partial charge in [-0.3, -0.25) is 4.79 Å². The van der Waals surface area contributed by atoms with Crippen LogP contribution in [0.5, 0.6) is 0 Å². The average Bonchev–Trinajstić information content (AvgIpc) is 3.39. The number of nitrogens with zero attached hydrogens (tertiary/aromatic N) is 4. The van der Waals surface area contributed by atoms with Gasteiger partial charge in [0, 0.05) is 25.3 Å². The molecule has 1 aromatic heterocycles. The molecular formula is C17H20N4O3S3. The summed E-state index contributed by atoms with van der Waals surface area (Å²) in [4.78, 5) is 14.8. The van der Waals surface area contributed by atoms with Crippen LogP contribution in [0.2, 0.25) is 0 Å². The van der Waals surface area contributed by atoms with Gasteiger partial charge in [0.25, 0.3) is 0 Å². The minimum absolute atomic E-state index is 0.00583. The van der Waals surface area contributed by atoms with Crippen LogP contribution in [0, 0.1) is 0 Å². The maximum atomic E-state index is 12.8. The van der Waals surface area contributed by atoms with Crippen LogP contribution in [0.25, 0.3) is 0 Å². The van der Waals surface area contributed by atoms with Gasteiger partial charge in [-0.2, -0.15) is 4.31 Å². The van der Waals surface area contributed by atoms with Gasteiger partial charge < -0.3 is 4.90 Å². The van der Waals surface area contributed by atoms with E-state index in [9.17, 15) is 13.2 Å². The molecule has 0 aliphatic carbocycles. The van der Waals surface area contributed by atoms with Crippen molar-refractivity contribution in [2.24, 2.45) is 0 Å². The topological polar surface area (TPSA) is 83.5 Å². The highest BCUT2D eigenvalue weighted by molar-refractivity contribution is 8.01. The van der Waals surface area contributed by atoms with Gasteiger partial charge in [0.15, 0.2) is 4.34 Å². The van der Waals surface area contributed by atoms with Crippen molar-refractivity contribution in [1.82, 2.24) is 14.5 Å². The molecule has 10 heteroatoms. The number of benzene rings is 1. The summed E-state index contributed by atoms with van der Waals surface area (Å²) in [6.45, 7) is 1.83. The highest BCUT2D eigenvalue weighted by Gasteiger charge is 2.29. The van der Waals surface area contributed by atoms with Crippen molar-refractivity contribution in [2.75, 3.05) is 30.3 Å². The zero-order chi connectivity index (χ0) is 18.9. The van der Waals surface area contributed by atoms with Crippen LogP contribution >= 0.6 is 23.1 Å². The Balaban J connectivity index is 1.53. The second-order valence-corrected chi connectivity index (χ2v) is 10.5. The molecule has 4 rings (SSSR count). The summed E-state index contributed by atoms with van der Waals surface area (Å²) in [6, 6.07) is 5.17. The van der Waals surface area contributed by atoms with Crippen LogP contribution in [0.4, 0.5) is 5.69 Å². The van der Waals surface area contributed by atoms with Crippen molar-refractivity contribution in [3.63, 3.8) is 0 Å². The van der Waals surface area contributed by atoms with Gasteiger partial charge in [0.2, 0.25) is 15.9 Å². The lowest BCUT2D eigenvalue weighted by atomic mass is 10.0. The SMILES string of the molecule is O=C(CSc1nncs1)N1CCCc2cc(S(=O)(=O)N3CCCC3)ccc21. The molecule has 27 heavy (non-hydrogen) atoms. The number of hydrogen-bond donors (Lipinski definition) is 0. The lowest BCUT2D eigenvalue weighted by Crippen LogP contribution is -2.37. The first kappa shape index (κ1) is 18.9. The standard InChI is InChI=1S/C17H20N4O3S3/c22-16(11-25-17-19-18-12-26-17)21-9-3-4-13-10-14(5-6-15(13)21)27(23,24)20-7-1-2-8-20/h5-6,10,12H,1-4,7-9,11H2. The van der Waals surface area contributed by atoms with E-state index < -0.39 is 10.0 Å². The van der Waals surface area contributed by atoms with E-state index in [2.05, 4.69) is 10.2 Å². The van der Waals surface area contributed by atoms with E-state index in [0.717, 1.165) is 41.3 Å². The molecule has 0 atom stereocenters. The van der Waals surface area contributed by atoms with Gasteiger partial charge in [-0.05, 0) is 49.4 Å². The van der Waals surface area contributed by atoms with Crippen LogP contribution in [-0.2, 0) is 21.2 Å². The molecule has 2 aliphatic rings. The summed E-state index contributed by atoms with van der Waals surface area (Å²) in [5, 5.41) is 7.72. The number of aromatic nitrogens is 2. The van der Waals surface area contributed by atoms with Gasteiger partial charge in [-0.1, -0.05) is 23.1 Å². The Kier molecular flexibility index (Phi) is 5.49. The molecule has 2 aromatic rings. The van der Waals surface area contributed by atoms with Crippen molar-refractivity contribution in [2.45, 2.75) is 34.9 Å². The first-order valence-electron chi connectivity index (χ1n) is 8.88. The second kappa shape index (κ2) is 7.86. The molecule has 0 unspecified atom stereocenters. The second-order valence-electron chi connectivity index (χ2n) is 6.54. The van der Waals surface area contributed by atoms with Crippen LogP contribution in [0.1, 0.15) is 24.8 Å². The smallest absolute Gasteiger partial charge is 0.243 e. The molecular weight excluding hydrogens is 404 g/mol. The van der Waals surface area contributed by atoms with Crippen LogP contribution < -0.4 is 4.90 Å². The quantitative estimate of drug-likeness (QED) is 0.686. The average molecular weight is 425 g/mol. The molecule has 0 saturated carbocycles. The Morgan fingerprint density at radius 1 is 1.19 bits per heavy atom. The van der Waals surface area contributed by atoms with Crippen molar-refractivity contribution in [1.29, 1.82) is 0 Å². The van der Waals surface area contributed by atoms with E-state index in [1.807, 2.05) is 0 Å². The van der Waals surface area contributed by atoms with Gasteiger partial charge in [-0.25, -0.2) is 8.42 Å². The molecule has 144 valence electrons. The number of carbonyl (C=O) groups excluding carboxylic acids is 1. The summed E-state index contributed by atoms with van der Waals surface area (Å²) in [5.41, 5.74) is 3.39. The number of thioether (sulfide) groups is 1. The Morgan fingerprint density at radius 2 is 2.00 bits per heavy atom. The summed E-state index contributed by atoms with van der Waals surface area (Å²) >= 11 is 2.79. The van der Waals surface area contributed by atoms with Crippen molar-refractivity contribution in [3.05, 3.63) is 29.3 Å². The molecule has 1 saturated heterocycles. The minimum atomic E-state index is -3.44. The van der Waals surface area contributed by atoms with Gasteiger partial charge in [0.05, 0.1) is 10.6 Å². The summed E-state index contributed by atoms with van der Waals surface area (Å²) < 4.78 is 27.9. The first-order valence-corrected chi connectivity index (χ1v) is 12.2. The predicted molar refractivity (Wildman–Crippen MR) is 106 cm³/mol. The van der Waals surface area contributed by atoms with Gasteiger partial charge in [0.1, 0.15) is 5.51 Å². The first-order chi connectivity index (χ1) is 13.1. The molecule has 1 aromatic carbocycles. The number of rotatable bonds is 5. The highest BCUT2D eigenvalue weighted by Crippen LogP contribution is 2.32. The number of anilines is 1. The number of fused-ring (bicyclic) bond motifs is 1. The van der Waals surface area contributed by atoms with Gasteiger partial charge in [-0.15, -0.1) is 10.2 Å². The van der Waals surface area contributed by atoms with Crippen molar-refractivity contribution in [3.8, 4) is 0 Å². The third-order valence-corrected chi connectivity index (χ3v) is 8.57. The third kappa shape index (κ3) is 3.89. The molecule has 1 amide bonds. The van der Waals surface area contributed by atoms with E-state index >= 15 is 0 Å². The number of carbonyl (C=O) groups is 1. The van der Waals surface area contributed by atoms with Crippen LogP contribution in [0.15, 0.2) is 32.9 Å². The van der Waals surface area contributed by atoms with Crippen molar-refractivity contribution < 1.29 is 13.2 Å². The summed E-state index contributed by atoms with van der Waals surface area (Å²) in [5.74, 6) is 0.300. The monoisotopic (exact) mass is 424 g/mol. The summed E-state index contributed by atoms with van der Waals surface area (Å²) in [7, 11) is -3.44. The highest BCUT2D eigenvalue weighted by atomic mass is 32.2. The molecule has 1 fully saturated rings. The van der Waals surface area contributed by atoms with E-state index in [0.29, 0.717) is 30.3 Å². The Bertz CT molecular complexity index is 925. The molecule has 0 radical (unpaired) electrons. The molecule has 0 spiro atoms. The molecule has 7 nitrogen and oxygen atoms in total. The fourth-order valence-electron chi connectivity index (χ4n) is 3.50. The number of sulfonamides is 1. The largest absolute Gasteiger partial charge is 0.311 e. The van der Waals surface area contributed by atoms with E-state index in [-0.39, 0.29) is 5.91 Å². The fraction of sp³-hybridized carbons (Fsp3) is 0.471. The molecule has 0 N–H and O–H groups in total. The normalized spacial score (nSPS) is 17.9. The number of hydrogen-bond acceptors (Lipinski definition) is 7. The van der Waals surface area contributed by atoms with Crippen LogP contribution in [-0.4, -0.2) is 54.2 Å². The van der Waals surface area contributed by atoms with Crippen LogP contribution in [0.3, 0.4) is 0 Å². The lowest BCUT2D eigenvalue weighted by molar-refractivity contribution is -0.116. The number of aryl methyl sites for hydroxylation is 1. The zero-order valence-electron chi connectivity index (χ0n) is 14.7. The lowest BCUT2D eigenvalue weighted by Gasteiger charge is -2.30.